The Labute approximate surface area is 187 Å². The van der Waals surface area contributed by atoms with Crippen molar-refractivity contribution in [1.82, 2.24) is 39.0 Å². The molecule has 0 spiro atoms. The molecule has 4 rings (SSSR count). The molecule has 0 unspecified atom stereocenters. The minimum Gasteiger partial charge on any atom is -0.382 e. The normalized spacial score (nSPS) is 11.6. The maximum atomic E-state index is 5.84. The van der Waals surface area contributed by atoms with Gasteiger partial charge in [-0.1, -0.05) is 51.4 Å². The van der Waals surface area contributed by atoms with Gasteiger partial charge in [0.2, 0.25) is 0 Å². The first-order chi connectivity index (χ1) is 15.7. The highest BCUT2D eigenvalue weighted by Gasteiger charge is 2.08. The number of nitrogens with two attached hydrogens (primary N) is 2. The summed E-state index contributed by atoms with van der Waals surface area (Å²) in [5, 5.41) is 0. The average molecular weight is 437 g/mol. The van der Waals surface area contributed by atoms with Crippen LogP contribution < -0.4 is 11.5 Å². The third kappa shape index (κ3) is 5.30. The number of fused-ring (bicyclic) bond motifs is 2. The van der Waals surface area contributed by atoms with Gasteiger partial charge in [-0.05, 0) is 12.8 Å². The van der Waals surface area contributed by atoms with Gasteiger partial charge in [0, 0.05) is 13.1 Å². The Bertz CT molecular complexity index is 1040. The van der Waals surface area contributed by atoms with Crippen LogP contribution in [0.4, 0.5) is 11.6 Å². The Balaban J connectivity index is 1.01. The number of rotatable bonds is 13. The van der Waals surface area contributed by atoms with Crippen LogP contribution in [-0.4, -0.2) is 39.0 Å². The number of aromatic nitrogens is 8. The highest BCUT2D eigenvalue weighted by Crippen LogP contribution is 2.17. The molecule has 0 amide bonds. The van der Waals surface area contributed by atoms with E-state index in [1.807, 2.05) is 12.7 Å². The number of aryl methyl sites for hydroxylation is 2. The molecule has 10 nitrogen and oxygen atoms in total. The van der Waals surface area contributed by atoms with Crippen LogP contribution in [-0.2, 0) is 13.1 Å². The summed E-state index contributed by atoms with van der Waals surface area (Å²) in [6.07, 6.45) is 19.2. The summed E-state index contributed by atoms with van der Waals surface area (Å²) >= 11 is 0. The van der Waals surface area contributed by atoms with Crippen molar-refractivity contribution < 1.29 is 0 Å². The van der Waals surface area contributed by atoms with Gasteiger partial charge in [0.1, 0.15) is 23.7 Å². The fraction of sp³-hybridized carbons (Fsp3) is 0.545. The van der Waals surface area contributed by atoms with E-state index in [-0.39, 0.29) is 0 Å². The van der Waals surface area contributed by atoms with E-state index in [4.69, 9.17) is 11.5 Å². The second kappa shape index (κ2) is 10.8. The van der Waals surface area contributed by atoms with Gasteiger partial charge in [-0.3, -0.25) is 0 Å². The quantitative estimate of drug-likeness (QED) is 0.302. The highest BCUT2D eigenvalue weighted by molar-refractivity contribution is 5.81. The molecule has 0 fully saturated rings. The van der Waals surface area contributed by atoms with Crippen molar-refractivity contribution >= 4 is 34.0 Å². The zero-order valence-electron chi connectivity index (χ0n) is 18.5. The summed E-state index contributed by atoms with van der Waals surface area (Å²) in [5.41, 5.74) is 14.7. The van der Waals surface area contributed by atoms with E-state index in [1.54, 1.807) is 0 Å². The SMILES string of the molecule is Nc1ncnc2c1ncn2CCCCCCCCCCCCn1cnc2c(N)ncnc21. The fourth-order valence-electron chi connectivity index (χ4n) is 4.10. The molecule has 0 aliphatic carbocycles. The van der Waals surface area contributed by atoms with Gasteiger partial charge in [-0.15, -0.1) is 0 Å². The van der Waals surface area contributed by atoms with Crippen molar-refractivity contribution in [2.75, 3.05) is 11.5 Å². The van der Waals surface area contributed by atoms with Gasteiger partial charge in [0.25, 0.3) is 0 Å². The van der Waals surface area contributed by atoms with Crippen molar-refractivity contribution in [2.24, 2.45) is 0 Å². The Morgan fingerprint density at radius 2 is 0.875 bits per heavy atom. The van der Waals surface area contributed by atoms with Gasteiger partial charge in [-0.25, -0.2) is 29.9 Å². The summed E-state index contributed by atoms with van der Waals surface area (Å²) in [6, 6.07) is 0. The molecule has 0 saturated heterocycles. The summed E-state index contributed by atoms with van der Waals surface area (Å²) < 4.78 is 4.14. The number of unbranched alkanes of at least 4 members (excludes halogenated alkanes) is 9. The Morgan fingerprint density at radius 1 is 0.500 bits per heavy atom. The topological polar surface area (TPSA) is 139 Å². The molecule has 0 aliphatic heterocycles. The number of nitrogen functional groups attached to an aromatic ring is 2. The maximum Gasteiger partial charge on any atom is 0.165 e. The summed E-state index contributed by atoms with van der Waals surface area (Å²) in [6.45, 7) is 1.86. The van der Waals surface area contributed by atoms with Crippen molar-refractivity contribution in [3.05, 3.63) is 25.3 Å². The molecule has 10 heteroatoms. The summed E-state index contributed by atoms with van der Waals surface area (Å²) in [7, 11) is 0. The molecule has 0 aromatic carbocycles. The van der Waals surface area contributed by atoms with Crippen LogP contribution in [0, 0.1) is 0 Å². The van der Waals surface area contributed by atoms with Gasteiger partial charge in [0.15, 0.2) is 22.9 Å². The molecule has 0 bridgehead atoms. The third-order valence-electron chi connectivity index (χ3n) is 5.91. The van der Waals surface area contributed by atoms with Gasteiger partial charge in [0.05, 0.1) is 12.7 Å². The lowest BCUT2D eigenvalue weighted by atomic mass is 10.1. The van der Waals surface area contributed by atoms with Gasteiger partial charge in [-0.2, -0.15) is 0 Å². The Morgan fingerprint density at radius 3 is 1.28 bits per heavy atom. The smallest absolute Gasteiger partial charge is 0.165 e. The third-order valence-corrected chi connectivity index (χ3v) is 5.91. The molecular weight excluding hydrogens is 404 g/mol. The van der Waals surface area contributed by atoms with E-state index in [0.29, 0.717) is 22.7 Å². The summed E-state index contributed by atoms with van der Waals surface area (Å²) in [4.78, 5) is 25.2. The minimum absolute atomic E-state index is 0.448. The Kier molecular flexibility index (Phi) is 7.42. The number of hydrogen-bond acceptors (Lipinski definition) is 8. The van der Waals surface area contributed by atoms with Crippen molar-refractivity contribution in [3.8, 4) is 0 Å². The van der Waals surface area contributed by atoms with Crippen LogP contribution in [0.5, 0.6) is 0 Å². The van der Waals surface area contributed by atoms with Crippen LogP contribution in [0.3, 0.4) is 0 Å². The van der Waals surface area contributed by atoms with Crippen LogP contribution in [0.1, 0.15) is 64.2 Å². The predicted octanol–water partition coefficient (Wildman–Crippen LogP) is 3.73. The van der Waals surface area contributed by atoms with Gasteiger partial charge >= 0.3 is 0 Å². The molecule has 0 aliphatic rings. The molecule has 4 aromatic rings. The standard InChI is InChI=1S/C22H32N10/c23-19-17-21(27-13-25-19)31(15-29-17)11-9-7-5-3-1-2-4-6-8-10-12-32-16-30-18-20(24)26-14-28-22(18)32/h13-16H,1-12H2,(H2,23,25,27)(H2,24,26,28). The number of nitrogens with zero attached hydrogens (tertiary/aromatic N) is 8. The maximum absolute atomic E-state index is 5.84. The monoisotopic (exact) mass is 436 g/mol. The van der Waals surface area contributed by atoms with Gasteiger partial charge < -0.3 is 20.6 Å². The zero-order valence-corrected chi connectivity index (χ0v) is 18.5. The lowest BCUT2D eigenvalue weighted by Gasteiger charge is -2.05. The van der Waals surface area contributed by atoms with Crippen molar-refractivity contribution in [2.45, 2.75) is 77.3 Å². The lowest BCUT2D eigenvalue weighted by molar-refractivity contribution is 0.524. The average Bonchev–Trinajstić information content (AvgIpc) is 3.40. The molecule has 32 heavy (non-hydrogen) atoms. The Hall–Kier alpha value is -3.30. The number of imidazole rings is 2. The van der Waals surface area contributed by atoms with Crippen LogP contribution in [0.25, 0.3) is 22.3 Å². The van der Waals surface area contributed by atoms with Crippen molar-refractivity contribution in [1.29, 1.82) is 0 Å². The molecule has 170 valence electrons. The molecule has 4 N–H and O–H groups in total. The second-order valence-electron chi connectivity index (χ2n) is 8.27. The van der Waals surface area contributed by atoms with E-state index < -0.39 is 0 Å². The predicted molar refractivity (Wildman–Crippen MR) is 126 cm³/mol. The largest absolute Gasteiger partial charge is 0.382 e. The van der Waals surface area contributed by atoms with E-state index in [2.05, 4.69) is 39.0 Å². The fourth-order valence-corrected chi connectivity index (χ4v) is 4.10. The van der Waals surface area contributed by atoms with E-state index in [9.17, 15) is 0 Å². The lowest BCUT2D eigenvalue weighted by Crippen LogP contribution is -1.99. The number of hydrogen-bond donors (Lipinski definition) is 2. The van der Waals surface area contributed by atoms with Crippen LogP contribution in [0.15, 0.2) is 25.3 Å². The molecule has 4 aromatic heterocycles. The molecule has 0 saturated carbocycles. The first kappa shape index (κ1) is 21.9. The van der Waals surface area contributed by atoms with E-state index in [1.165, 1.54) is 64.0 Å². The van der Waals surface area contributed by atoms with Crippen molar-refractivity contribution in [3.63, 3.8) is 0 Å². The summed E-state index contributed by atoms with van der Waals surface area (Å²) in [5.74, 6) is 0.896. The number of anilines is 2. The first-order valence-corrected chi connectivity index (χ1v) is 11.6. The minimum atomic E-state index is 0.448. The van der Waals surface area contributed by atoms with E-state index >= 15 is 0 Å². The van der Waals surface area contributed by atoms with E-state index in [0.717, 1.165) is 37.2 Å². The second-order valence-corrected chi connectivity index (χ2v) is 8.27. The van der Waals surface area contributed by atoms with Crippen LogP contribution >= 0.6 is 0 Å². The molecular formula is C22H32N10. The molecule has 4 heterocycles. The molecule has 0 radical (unpaired) electrons. The molecule has 0 atom stereocenters. The highest BCUT2D eigenvalue weighted by atomic mass is 15.1. The van der Waals surface area contributed by atoms with Crippen LogP contribution in [0.2, 0.25) is 0 Å². The first-order valence-electron chi connectivity index (χ1n) is 11.6. The zero-order chi connectivity index (χ0) is 22.2.